The van der Waals surface area contributed by atoms with Crippen molar-refractivity contribution in [3.8, 4) is 0 Å². The number of nitrogens with zero attached hydrogens (tertiary/aromatic N) is 5. The zero-order valence-electron chi connectivity index (χ0n) is 23.3. The molecule has 5 rings (SSSR count). The maximum Gasteiger partial charge on any atom is 0.415 e. The summed E-state index contributed by atoms with van der Waals surface area (Å²) < 4.78 is 19.4. The van der Waals surface area contributed by atoms with E-state index < -0.39 is 11.7 Å². The number of hydrogen-bond donors (Lipinski definition) is 2. The van der Waals surface area contributed by atoms with E-state index in [-0.39, 0.29) is 46.7 Å². The van der Waals surface area contributed by atoms with Gasteiger partial charge in [-0.15, -0.1) is 0 Å². The maximum absolute atomic E-state index is 13.4. The van der Waals surface area contributed by atoms with Crippen molar-refractivity contribution in [1.82, 2.24) is 24.5 Å². The third kappa shape index (κ3) is 5.80. The van der Waals surface area contributed by atoms with Crippen LogP contribution >= 0.6 is 0 Å². The number of fused-ring (bicyclic) bond motifs is 1. The molecular weight excluding hydrogens is 518 g/mol. The van der Waals surface area contributed by atoms with E-state index in [1.54, 1.807) is 63.9 Å². The largest absolute Gasteiger partial charge is 0.443 e. The monoisotopic (exact) mass is 553 g/mol. The van der Waals surface area contributed by atoms with Gasteiger partial charge in [0.05, 0.1) is 18.3 Å². The molecule has 2 atom stereocenters. The Balaban J connectivity index is 1.53. The van der Waals surface area contributed by atoms with Crippen LogP contribution in [0.4, 0.5) is 22.1 Å². The van der Waals surface area contributed by atoms with E-state index in [1.807, 2.05) is 0 Å². The van der Waals surface area contributed by atoms with Crippen LogP contribution < -0.4 is 21.1 Å². The van der Waals surface area contributed by atoms with Crippen LogP contribution in [0, 0.1) is 0 Å². The van der Waals surface area contributed by atoms with Gasteiger partial charge in [-0.2, -0.15) is 9.61 Å². The molecule has 40 heavy (non-hydrogen) atoms. The first-order valence-corrected chi connectivity index (χ1v) is 13.3. The maximum atomic E-state index is 13.4. The number of methoxy groups -OCH3 is 1. The highest BCUT2D eigenvalue weighted by molar-refractivity contribution is 6.01. The molecular formula is C27H35N7O6. The summed E-state index contributed by atoms with van der Waals surface area (Å²) in [6.07, 6.45) is 4.75. The van der Waals surface area contributed by atoms with Gasteiger partial charge in [-0.25, -0.2) is 9.78 Å². The molecule has 1 aliphatic carbocycles. The van der Waals surface area contributed by atoms with E-state index in [1.165, 1.54) is 15.6 Å². The number of pyridine rings is 1. The van der Waals surface area contributed by atoms with Crippen molar-refractivity contribution < 1.29 is 23.8 Å². The quantitative estimate of drug-likeness (QED) is 0.452. The molecule has 214 valence electrons. The summed E-state index contributed by atoms with van der Waals surface area (Å²) in [5.41, 5.74) is -0.193. The molecule has 2 aliphatic rings. The number of anilines is 3. The Bertz CT molecular complexity index is 1470. The lowest BCUT2D eigenvalue weighted by molar-refractivity contribution is 0.0587. The van der Waals surface area contributed by atoms with Crippen LogP contribution in [0.1, 0.15) is 56.4 Å². The molecule has 2 N–H and O–H groups in total. The predicted molar refractivity (Wildman–Crippen MR) is 147 cm³/mol. The second-order valence-electron chi connectivity index (χ2n) is 11.0. The topological polar surface area (TPSA) is 141 Å². The van der Waals surface area contributed by atoms with Crippen LogP contribution in [0.2, 0.25) is 0 Å². The zero-order valence-corrected chi connectivity index (χ0v) is 23.3. The lowest BCUT2D eigenvalue weighted by Crippen LogP contribution is -2.35. The van der Waals surface area contributed by atoms with E-state index in [4.69, 9.17) is 14.2 Å². The second-order valence-corrected chi connectivity index (χ2v) is 11.0. The Kier molecular flexibility index (Phi) is 7.51. The van der Waals surface area contributed by atoms with Crippen LogP contribution in [-0.4, -0.2) is 76.3 Å². The smallest absolute Gasteiger partial charge is 0.415 e. The Labute approximate surface area is 231 Å². The molecule has 1 saturated carbocycles. The van der Waals surface area contributed by atoms with E-state index in [2.05, 4.69) is 20.7 Å². The fourth-order valence-corrected chi connectivity index (χ4v) is 4.66. The van der Waals surface area contributed by atoms with E-state index >= 15 is 0 Å². The summed E-state index contributed by atoms with van der Waals surface area (Å²) in [7, 11) is 3.14. The molecule has 0 bridgehead atoms. The third-order valence-electron chi connectivity index (χ3n) is 6.88. The SMILES string of the molecule is CO[C@H]1C[C@H]1NC(=O)c1cnn2c(N(C)C(=O)OC(C)(C)C)cc(Nc3cccn(C4CCOCC4)c3=O)nc12. The fraction of sp³-hybridized carbons (Fsp3) is 0.519. The molecule has 3 aromatic rings. The van der Waals surface area contributed by atoms with Crippen molar-refractivity contribution in [2.45, 2.75) is 63.8 Å². The number of aromatic nitrogens is 4. The van der Waals surface area contributed by atoms with Gasteiger partial charge in [-0.05, 0) is 52.2 Å². The van der Waals surface area contributed by atoms with E-state index in [9.17, 15) is 14.4 Å². The Morgan fingerprint density at radius 3 is 2.65 bits per heavy atom. The van der Waals surface area contributed by atoms with Crippen LogP contribution in [0.15, 0.2) is 35.4 Å². The minimum atomic E-state index is -0.727. The van der Waals surface area contributed by atoms with Gasteiger partial charge in [0.1, 0.15) is 28.5 Å². The van der Waals surface area contributed by atoms with E-state index in [0.29, 0.717) is 24.7 Å². The van der Waals surface area contributed by atoms with E-state index in [0.717, 1.165) is 19.3 Å². The average molecular weight is 554 g/mol. The Morgan fingerprint density at radius 2 is 1.98 bits per heavy atom. The predicted octanol–water partition coefficient (Wildman–Crippen LogP) is 2.87. The normalized spacial score (nSPS) is 19.3. The van der Waals surface area contributed by atoms with Crippen LogP contribution in [0.5, 0.6) is 0 Å². The van der Waals surface area contributed by atoms with Gasteiger partial charge in [-0.3, -0.25) is 14.5 Å². The van der Waals surface area contributed by atoms with Crippen molar-refractivity contribution in [3.05, 3.63) is 46.5 Å². The summed E-state index contributed by atoms with van der Waals surface area (Å²) in [4.78, 5) is 45.4. The number of nitrogens with one attached hydrogen (secondary N) is 2. The van der Waals surface area contributed by atoms with Crippen LogP contribution in [-0.2, 0) is 14.2 Å². The van der Waals surface area contributed by atoms with Gasteiger partial charge in [0.25, 0.3) is 11.5 Å². The zero-order chi connectivity index (χ0) is 28.6. The summed E-state index contributed by atoms with van der Waals surface area (Å²) in [6.45, 7) is 6.52. The highest BCUT2D eigenvalue weighted by atomic mass is 16.6. The van der Waals surface area contributed by atoms with Gasteiger partial charge >= 0.3 is 6.09 Å². The molecule has 0 radical (unpaired) electrons. The molecule has 2 fully saturated rings. The molecule has 0 aromatic carbocycles. The minimum Gasteiger partial charge on any atom is -0.443 e. The standard InChI is InChI=1S/C27H35N7O6/c1-27(2,3)40-26(37)32(4)22-14-21(29-18-7-6-10-33(25(18)36)16-8-11-39-12-9-16)31-23-17(15-28-34(22)23)24(35)30-19-13-20(19)38-5/h6-7,10,14-16,19-20H,8-9,11-13H2,1-5H3,(H,29,31)(H,30,35)/t19-,20+/m1/s1. The van der Waals surface area contributed by atoms with Gasteiger partial charge in [0, 0.05) is 45.7 Å². The van der Waals surface area contributed by atoms with Crippen molar-refractivity contribution in [2.24, 2.45) is 0 Å². The second kappa shape index (κ2) is 10.9. The van der Waals surface area contributed by atoms with Crippen molar-refractivity contribution in [3.63, 3.8) is 0 Å². The van der Waals surface area contributed by atoms with Crippen molar-refractivity contribution in [2.75, 3.05) is 37.6 Å². The number of rotatable bonds is 7. The summed E-state index contributed by atoms with van der Waals surface area (Å²) in [5.74, 6) is 0.190. The van der Waals surface area contributed by atoms with Crippen LogP contribution in [0.25, 0.3) is 5.65 Å². The molecule has 1 aliphatic heterocycles. The average Bonchev–Trinajstić information content (AvgIpc) is 3.53. The van der Waals surface area contributed by atoms with Crippen molar-refractivity contribution in [1.29, 1.82) is 0 Å². The number of carbonyl (C=O) groups is 2. The summed E-state index contributed by atoms with van der Waals surface area (Å²) in [5, 5.41) is 10.4. The van der Waals surface area contributed by atoms with Gasteiger partial charge in [0.2, 0.25) is 0 Å². The first kappa shape index (κ1) is 27.6. The summed E-state index contributed by atoms with van der Waals surface area (Å²) in [6, 6.07) is 4.99. The molecule has 1 saturated heterocycles. The highest BCUT2D eigenvalue weighted by Crippen LogP contribution is 2.28. The Morgan fingerprint density at radius 1 is 1.23 bits per heavy atom. The first-order chi connectivity index (χ1) is 19.1. The molecule has 0 unspecified atom stereocenters. The number of ether oxygens (including phenoxy) is 3. The number of carbonyl (C=O) groups excluding carboxylic acids is 2. The highest BCUT2D eigenvalue weighted by Gasteiger charge is 2.39. The molecule has 4 heterocycles. The molecule has 13 nitrogen and oxygen atoms in total. The molecule has 13 heteroatoms. The number of amides is 2. The summed E-state index contributed by atoms with van der Waals surface area (Å²) >= 11 is 0. The van der Waals surface area contributed by atoms with Gasteiger partial charge in [0.15, 0.2) is 5.65 Å². The van der Waals surface area contributed by atoms with Gasteiger partial charge < -0.3 is 29.4 Å². The van der Waals surface area contributed by atoms with Crippen LogP contribution in [0.3, 0.4) is 0 Å². The fourth-order valence-electron chi connectivity index (χ4n) is 4.66. The van der Waals surface area contributed by atoms with Crippen molar-refractivity contribution >= 4 is 35.0 Å². The lowest BCUT2D eigenvalue weighted by Gasteiger charge is -2.25. The molecule has 0 spiro atoms. The third-order valence-corrected chi connectivity index (χ3v) is 6.88. The van der Waals surface area contributed by atoms with Gasteiger partial charge in [-0.1, -0.05) is 0 Å². The minimum absolute atomic E-state index is 0.0270. The molecule has 2 amide bonds. The number of hydrogen-bond acceptors (Lipinski definition) is 9. The lowest BCUT2D eigenvalue weighted by atomic mass is 10.1. The molecule has 3 aromatic heterocycles. The first-order valence-electron chi connectivity index (χ1n) is 13.3. The Hall–Kier alpha value is -3.97.